The number of halogens is 3. The van der Waals surface area contributed by atoms with Crippen LogP contribution in [-0.4, -0.2) is 57.7 Å². The Morgan fingerprint density at radius 2 is 0.746 bits per heavy atom. The first-order valence-electron chi connectivity index (χ1n) is 20.4. The summed E-state index contributed by atoms with van der Waals surface area (Å²) in [5.41, 5.74) is 3.40. The van der Waals surface area contributed by atoms with Crippen LogP contribution in [0, 0.1) is 0 Å². The lowest BCUT2D eigenvalue weighted by molar-refractivity contribution is -0.137. The van der Waals surface area contributed by atoms with E-state index >= 15 is 0 Å². The predicted molar refractivity (Wildman–Crippen MR) is 234 cm³/mol. The van der Waals surface area contributed by atoms with Crippen molar-refractivity contribution < 1.29 is 61.2 Å². The number of ether oxygens (including phenoxy) is 1. The minimum absolute atomic E-state index is 0.134. The molecule has 0 aromatic heterocycles. The van der Waals surface area contributed by atoms with Gasteiger partial charge >= 0.3 is 6.18 Å². The number of benzene rings is 7. The van der Waals surface area contributed by atoms with E-state index in [1.54, 1.807) is 79.9 Å². The number of amides is 6. The number of imide groups is 3. The summed E-state index contributed by atoms with van der Waals surface area (Å²) in [5.74, 6) is -2.11. The van der Waals surface area contributed by atoms with Gasteiger partial charge in [-0.2, -0.15) is 13.2 Å². The van der Waals surface area contributed by atoms with Gasteiger partial charge in [-0.05, 0) is 88.1 Å². The third-order valence-corrected chi connectivity index (χ3v) is 10.7. The molecule has 7 aromatic carbocycles. The molecular formula is C51H36F3N3O10. The zero-order chi connectivity index (χ0) is 47.2. The van der Waals surface area contributed by atoms with Gasteiger partial charge in [0.25, 0.3) is 35.4 Å². The maximum Gasteiger partial charge on any atom is 0.416 e. The summed E-state index contributed by atoms with van der Waals surface area (Å²) in [6.45, 7) is 0.103. The molecule has 13 nitrogen and oxygen atoms in total. The maximum atomic E-state index is 12.5. The van der Waals surface area contributed by atoms with Gasteiger partial charge in [0.15, 0.2) is 0 Å². The number of nitrogens with zero attached hydrogens (tertiary/aromatic N) is 3. The van der Waals surface area contributed by atoms with Crippen LogP contribution in [0.5, 0.6) is 5.75 Å². The van der Waals surface area contributed by atoms with Gasteiger partial charge in [-0.25, -0.2) is 0 Å². The molecule has 3 aliphatic rings. The molecule has 0 N–H and O–H groups in total. The van der Waals surface area contributed by atoms with Crippen LogP contribution in [-0.2, 0) is 40.5 Å². The van der Waals surface area contributed by atoms with E-state index in [9.17, 15) is 41.9 Å². The molecule has 10 rings (SSSR count). The Bertz CT molecular complexity index is 2940. The van der Waals surface area contributed by atoms with Crippen molar-refractivity contribution in [3.8, 4) is 5.75 Å². The summed E-state index contributed by atoms with van der Waals surface area (Å²) in [6.07, 6.45) is -4.41. The second-order valence-electron chi connectivity index (χ2n) is 14.9. The fourth-order valence-corrected chi connectivity index (χ4v) is 7.20. The number of alkyl halides is 3. The first-order chi connectivity index (χ1) is 32.3. The van der Waals surface area contributed by atoms with Gasteiger partial charge in [0.2, 0.25) is 0 Å². The molecule has 0 unspecified atom stereocenters. The van der Waals surface area contributed by atoms with E-state index in [0.717, 1.165) is 49.9 Å². The van der Waals surface area contributed by atoms with Gasteiger partial charge in [0.05, 0.1) is 46.1 Å². The lowest BCUT2D eigenvalue weighted by Gasteiger charge is -2.14. The smallest absolute Gasteiger partial charge is 0.416 e. The highest BCUT2D eigenvalue weighted by Crippen LogP contribution is 2.30. The number of carbonyl (C=O) groups is 6. The summed E-state index contributed by atoms with van der Waals surface area (Å²) in [4.78, 5) is 88.9. The molecule has 0 spiro atoms. The second kappa shape index (κ2) is 19.4. The summed E-state index contributed by atoms with van der Waals surface area (Å²) >= 11 is 0. The molecule has 3 aliphatic heterocycles. The van der Waals surface area contributed by atoms with Crippen molar-refractivity contribution >= 4 is 46.2 Å². The Balaban J connectivity index is 0.000000136. The van der Waals surface area contributed by atoms with Gasteiger partial charge in [0, 0.05) is 0 Å². The highest BCUT2D eigenvalue weighted by atomic mass is 19.4. The molecule has 16 heteroatoms. The van der Waals surface area contributed by atoms with Crippen LogP contribution < -0.4 is 4.74 Å². The highest BCUT2D eigenvalue weighted by Gasteiger charge is 2.39. The number of hydrogen-bond donors (Lipinski definition) is 0. The fourth-order valence-electron chi connectivity index (χ4n) is 7.20. The van der Waals surface area contributed by atoms with Gasteiger partial charge in [-0.3, -0.25) is 43.3 Å². The molecule has 0 fully saturated rings. The molecule has 0 saturated carbocycles. The number of methoxy groups -OCH3 is 1. The average Bonchev–Trinajstić information content (AvgIpc) is 3.86. The second-order valence-corrected chi connectivity index (χ2v) is 14.9. The summed E-state index contributed by atoms with van der Waals surface area (Å²) in [6, 6.07) is 45.0. The summed E-state index contributed by atoms with van der Waals surface area (Å²) < 4.78 is 42.5. The third-order valence-electron chi connectivity index (χ3n) is 10.7. The minimum atomic E-state index is -4.41. The molecule has 7 aromatic rings. The van der Waals surface area contributed by atoms with Gasteiger partial charge < -0.3 is 4.74 Å². The topological polar surface area (TPSA) is 149 Å². The molecule has 6 amide bonds. The van der Waals surface area contributed by atoms with E-state index in [1.165, 1.54) is 24.3 Å². The van der Waals surface area contributed by atoms with E-state index in [0.29, 0.717) is 32.9 Å². The van der Waals surface area contributed by atoms with E-state index in [4.69, 9.17) is 19.2 Å². The van der Waals surface area contributed by atoms with Crippen molar-refractivity contribution in [2.24, 2.45) is 0 Å². The van der Waals surface area contributed by atoms with Crippen LogP contribution in [0.1, 0.15) is 84.4 Å². The first kappa shape index (κ1) is 45.3. The molecule has 0 saturated heterocycles. The number of hydroxylamine groups is 6. The Morgan fingerprint density at radius 1 is 0.403 bits per heavy atom. The fraction of sp³-hybridized carbons (Fsp3) is 0.0980. The van der Waals surface area contributed by atoms with Gasteiger partial charge in [0.1, 0.15) is 25.6 Å². The Labute approximate surface area is 379 Å². The number of rotatable bonds is 10. The predicted octanol–water partition coefficient (Wildman–Crippen LogP) is 9.42. The van der Waals surface area contributed by atoms with Crippen molar-refractivity contribution in [3.63, 3.8) is 0 Å². The van der Waals surface area contributed by atoms with Crippen LogP contribution in [0.25, 0.3) is 10.8 Å². The van der Waals surface area contributed by atoms with E-state index < -0.39 is 47.2 Å². The zero-order valence-electron chi connectivity index (χ0n) is 35.3. The Morgan fingerprint density at radius 3 is 1.13 bits per heavy atom. The molecular weight excluding hydrogens is 872 g/mol. The number of carbonyl (C=O) groups excluding carboxylic acids is 6. The van der Waals surface area contributed by atoms with Crippen LogP contribution in [0.2, 0.25) is 0 Å². The number of hydrogen-bond acceptors (Lipinski definition) is 10. The number of fused-ring (bicyclic) bond motifs is 4. The maximum absolute atomic E-state index is 12.5. The van der Waals surface area contributed by atoms with Crippen molar-refractivity contribution in [2.75, 3.05) is 7.11 Å². The third kappa shape index (κ3) is 9.58. The summed E-state index contributed by atoms with van der Waals surface area (Å²) in [5, 5.41) is 4.44. The van der Waals surface area contributed by atoms with Crippen LogP contribution in [0.15, 0.2) is 164 Å². The largest absolute Gasteiger partial charge is 0.497 e. The Kier molecular flexibility index (Phi) is 13.1. The monoisotopic (exact) mass is 907 g/mol. The van der Waals surface area contributed by atoms with E-state index in [-0.39, 0.29) is 30.9 Å². The zero-order valence-corrected chi connectivity index (χ0v) is 35.3. The van der Waals surface area contributed by atoms with Crippen LogP contribution in [0.3, 0.4) is 0 Å². The molecule has 3 heterocycles. The highest BCUT2D eigenvalue weighted by molar-refractivity contribution is 6.21. The van der Waals surface area contributed by atoms with Crippen molar-refractivity contribution in [2.45, 2.75) is 26.0 Å². The molecule has 67 heavy (non-hydrogen) atoms. The quantitative estimate of drug-likeness (QED) is 0.122. The minimum Gasteiger partial charge on any atom is -0.497 e. The lowest BCUT2D eigenvalue weighted by atomic mass is 10.1. The van der Waals surface area contributed by atoms with E-state index in [1.807, 2.05) is 54.6 Å². The Hall–Kier alpha value is -8.31. The van der Waals surface area contributed by atoms with Gasteiger partial charge in [-0.15, -0.1) is 15.2 Å². The molecule has 0 bridgehead atoms. The molecule has 0 atom stereocenters. The van der Waals surface area contributed by atoms with Crippen molar-refractivity contribution in [3.05, 3.63) is 219 Å². The first-order valence-corrected chi connectivity index (χ1v) is 20.4. The SMILES string of the molecule is COc1ccc(CON2C(=O)c3ccccc3C2=O)cc1.O=C1c2ccccc2C(=O)N1OCc1ccc(C(F)(F)F)cc1.O=C1c2ccccc2C(=O)N1OCc1cccc2ccccc12. The molecule has 336 valence electrons. The van der Waals surface area contributed by atoms with Crippen molar-refractivity contribution in [1.82, 2.24) is 15.2 Å². The molecule has 0 aliphatic carbocycles. The van der Waals surface area contributed by atoms with Crippen LogP contribution >= 0.6 is 0 Å². The standard InChI is InChI=1S/C19H13NO3.C16H10F3NO3.C16H13NO4/c21-18-16-10-3-4-11-17(16)19(22)20(18)23-12-14-8-5-7-13-6-1-2-9-15(13)14;17-16(18,19)11-7-5-10(6-8-11)9-23-20-14(21)12-3-1-2-4-13(12)15(20)22;1-20-12-8-6-11(7-9-12)10-21-17-15(18)13-4-2-3-5-14(13)16(17)19/h1-11H,12H2;1-8H,9H2;2-9H,10H2,1H3. The van der Waals surface area contributed by atoms with E-state index in [2.05, 4.69) is 0 Å². The van der Waals surface area contributed by atoms with Crippen LogP contribution in [0.4, 0.5) is 13.2 Å². The van der Waals surface area contributed by atoms with Gasteiger partial charge in [-0.1, -0.05) is 103 Å². The normalized spacial score (nSPS) is 13.8. The molecule has 0 radical (unpaired) electrons. The summed E-state index contributed by atoms with van der Waals surface area (Å²) in [7, 11) is 1.59. The van der Waals surface area contributed by atoms with Crippen molar-refractivity contribution in [1.29, 1.82) is 0 Å². The lowest BCUT2D eigenvalue weighted by Crippen LogP contribution is -2.29. The average molecular weight is 908 g/mol.